The second-order valence-electron chi connectivity index (χ2n) is 7.01. The maximum atomic E-state index is 12.8. The molecule has 0 radical (unpaired) electrons. The smallest absolute Gasteiger partial charge is 0.237 e. The number of phenolic OH excluding ortho intramolecular Hbond substituents is 1. The van der Waals surface area contributed by atoms with Crippen LogP contribution in [0.5, 0.6) is 5.75 Å². The van der Waals surface area contributed by atoms with Gasteiger partial charge in [-0.2, -0.15) is 0 Å². The lowest BCUT2D eigenvalue weighted by Crippen LogP contribution is -2.23. The molecule has 164 valence electrons. The number of hydrogen-bond acceptors (Lipinski definition) is 7. The van der Waals surface area contributed by atoms with Crippen LogP contribution < -0.4 is 5.32 Å². The molecule has 1 amide bonds. The summed E-state index contributed by atoms with van der Waals surface area (Å²) in [5.74, 6) is -0.0672. The lowest BCUT2D eigenvalue weighted by molar-refractivity contribution is -0.115. The SMILES string of the molecule is CCn1c(CS(=O)(=O)c2ccc(C)cc2)nnc1SC(C)C(=O)Nc1ccc(O)cc1. The molecular formula is C21H24N4O4S2. The van der Waals surface area contributed by atoms with Crippen LogP contribution in [0.1, 0.15) is 25.2 Å². The normalized spacial score (nSPS) is 12.5. The van der Waals surface area contributed by atoms with Crippen LogP contribution in [-0.2, 0) is 26.9 Å². The summed E-state index contributed by atoms with van der Waals surface area (Å²) >= 11 is 1.20. The number of carbonyl (C=O) groups is 1. The van der Waals surface area contributed by atoms with Gasteiger partial charge in [0.25, 0.3) is 0 Å². The third-order valence-electron chi connectivity index (χ3n) is 4.60. The van der Waals surface area contributed by atoms with Crippen molar-refractivity contribution >= 4 is 33.2 Å². The number of nitrogens with zero attached hydrogens (tertiary/aromatic N) is 3. The molecule has 0 saturated carbocycles. The minimum absolute atomic E-state index is 0.115. The van der Waals surface area contributed by atoms with Gasteiger partial charge < -0.3 is 15.0 Å². The van der Waals surface area contributed by atoms with Crippen LogP contribution in [0.15, 0.2) is 58.6 Å². The Morgan fingerprint density at radius 2 is 1.77 bits per heavy atom. The first-order valence-corrected chi connectivity index (χ1v) is 12.2. The van der Waals surface area contributed by atoms with Crippen molar-refractivity contribution in [3.05, 3.63) is 59.9 Å². The average Bonchev–Trinajstić information content (AvgIpc) is 3.10. The fraction of sp³-hybridized carbons (Fsp3) is 0.286. The van der Waals surface area contributed by atoms with Crippen LogP contribution in [0, 0.1) is 6.92 Å². The molecular weight excluding hydrogens is 436 g/mol. The van der Waals surface area contributed by atoms with Crippen LogP contribution >= 0.6 is 11.8 Å². The molecule has 1 heterocycles. The highest BCUT2D eigenvalue weighted by atomic mass is 32.2. The third-order valence-corrected chi connectivity index (χ3v) is 7.30. The Morgan fingerprint density at radius 1 is 1.13 bits per heavy atom. The van der Waals surface area contributed by atoms with Crippen molar-refractivity contribution in [1.82, 2.24) is 14.8 Å². The number of phenols is 1. The van der Waals surface area contributed by atoms with Crippen molar-refractivity contribution < 1.29 is 18.3 Å². The van der Waals surface area contributed by atoms with Crippen LogP contribution in [-0.4, -0.2) is 39.4 Å². The number of aromatic nitrogens is 3. The standard InChI is InChI=1S/C21H24N4O4S2/c1-4-25-19(13-31(28,29)18-11-5-14(2)6-12-18)23-24-21(25)30-15(3)20(27)22-16-7-9-17(26)10-8-16/h5-12,15,26H,4,13H2,1-3H3,(H,22,27). The van der Waals surface area contributed by atoms with E-state index in [0.717, 1.165) is 5.56 Å². The van der Waals surface area contributed by atoms with Gasteiger partial charge in [0.05, 0.1) is 10.1 Å². The minimum Gasteiger partial charge on any atom is -0.508 e. The van der Waals surface area contributed by atoms with Crippen molar-refractivity contribution in [2.45, 2.75) is 48.4 Å². The first kappa shape index (κ1) is 22.8. The molecule has 0 bridgehead atoms. The zero-order valence-electron chi connectivity index (χ0n) is 17.4. The Kier molecular flexibility index (Phi) is 7.01. The number of benzene rings is 2. The number of rotatable bonds is 8. The molecule has 1 atom stereocenters. The summed E-state index contributed by atoms with van der Waals surface area (Å²) in [6, 6.07) is 12.9. The van der Waals surface area contributed by atoms with Gasteiger partial charge in [0, 0.05) is 12.2 Å². The topological polar surface area (TPSA) is 114 Å². The molecule has 1 unspecified atom stereocenters. The molecule has 0 aliphatic heterocycles. The first-order valence-electron chi connectivity index (χ1n) is 9.67. The molecule has 2 aromatic carbocycles. The summed E-state index contributed by atoms with van der Waals surface area (Å²) in [5, 5.41) is 20.3. The molecule has 2 N–H and O–H groups in total. The van der Waals surface area contributed by atoms with Gasteiger partial charge in [-0.15, -0.1) is 10.2 Å². The molecule has 0 spiro atoms. The monoisotopic (exact) mass is 460 g/mol. The van der Waals surface area contributed by atoms with Crippen molar-refractivity contribution in [3.8, 4) is 5.75 Å². The largest absolute Gasteiger partial charge is 0.508 e. The van der Waals surface area contributed by atoms with E-state index in [1.54, 1.807) is 47.9 Å². The molecule has 3 aromatic rings. The van der Waals surface area contributed by atoms with Crippen molar-refractivity contribution in [3.63, 3.8) is 0 Å². The molecule has 0 saturated heterocycles. The Hall–Kier alpha value is -2.85. The van der Waals surface area contributed by atoms with Crippen LogP contribution in [0.25, 0.3) is 0 Å². The van der Waals surface area contributed by atoms with Gasteiger partial charge in [-0.3, -0.25) is 4.79 Å². The molecule has 3 rings (SSSR count). The number of amides is 1. The molecule has 8 nitrogen and oxygen atoms in total. The summed E-state index contributed by atoms with van der Waals surface area (Å²) < 4.78 is 27.3. The fourth-order valence-corrected chi connectivity index (χ4v) is 5.03. The second-order valence-corrected chi connectivity index (χ2v) is 10.3. The van der Waals surface area contributed by atoms with Gasteiger partial charge in [-0.05, 0) is 57.2 Å². The average molecular weight is 461 g/mol. The number of aromatic hydroxyl groups is 1. The highest BCUT2D eigenvalue weighted by Gasteiger charge is 2.23. The number of anilines is 1. The van der Waals surface area contributed by atoms with E-state index in [0.29, 0.717) is 23.2 Å². The second kappa shape index (κ2) is 9.52. The van der Waals surface area contributed by atoms with E-state index in [2.05, 4.69) is 15.5 Å². The Labute approximate surface area is 185 Å². The molecule has 0 aliphatic carbocycles. The Bertz CT molecular complexity index is 1160. The number of nitrogens with one attached hydrogen (secondary N) is 1. The zero-order chi connectivity index (χ0) is 22.6. The third kappa shape index (κ3) is 5.65. The number of sulfone groups is 1. The van der Waals surface area contributed by atoms with Gasteiger partial charge >= 0.3 is 0 Å². The quantitative estimate of drug-likeness (QED) is 0.391. The van der Waals surface area contributed by atoms with E-state index in [1.807, 2.05) is 13.8 Å². The zero-order valence-corrected chi connectivity index (χ0v) is 19.1. The number of carbonyl (C=O) groups excluding carboxylic acids is 1. The number of thioether (sulfide) groups is 1. The summed E-state index contributed by atoms with van der Waals surface area (Å²) in [6.07, 6.45) is 0. The predicted octanol–water partition coefficient (Wildman–Crippen LogP) is 3.41. The lowest BCUT2D eigenvalue weighted by Gasteiger charge is -2.13. The van der Waals surface area contributed by atoms with Gasteiger partial charge in [0.2, 0.25) is 5.91 Å². The van der Waals surface area contributed by atoms with Crippen LogP contribution in [0.2, 0.25) is 0 Å². The van der Waals surface area contributed by atoms with Crippen LogP contribution in [0.4, 0.5) is 5.69 Å². The minimum atomic E-state index is -3.57. The Balaban J connectivity index is 1.72. The van der Waals surface area contributed by atoms with E-state index < -0.39 is 15.1 Å². The van der Waals surface area contributed by atoms with E-state index in [-0.39, 0.29) is 22.3 Å². The maximum absolute atomic E-state index is 12.8. The van der Waals surface area contributed by atoms with Gasteiger partial charge in [0.15, 0.2) is 15.0 Å². The molecule has 31 heavy (non-hydrogen) atoms. The highest BCUT2D eigenvalue weighted by molar-refractivity contribution is 8.00. The van der Waals surface area contributed by atoms with Gasteiger partial charge in [0.1, 0.15) is 17.3 Å². The summed E-state index contributed by atoms with van der Waals surface area (Å²) in [4.78, 5) is 12.7. The fourth-order valence-electron chi connectivity index (χ4n) is 2.83. The molecule has 0 fully saturated rings. The number of aryl methyl sites for hydroxylation is 1. The predicted molar refractivity (Wildman–Crippen MR) is 120 cm³/mol. The molecule has 10 heteroatoms. The van der Waals surface area contributed by atoms with E-state index in [9.17, 15) is 18.3 Å². The summed E-state index contributed by atoms with van der Waals surface area (Å²) in [6.45, 7) is 5.97. The summed E-state index contributed by atoms with van der Waals surface area (Å²) in [5.41, 5.74) is 1.55. The van der Waals surface area contributed by atoms with Gasteiger partial charge in [-0.1, -0.05) is 29.5 Å². The first-order chi connectivity index (χ1) is 14.7. The Morgan fingerprint density at radius 3 is 2.39 bits per heavy atom. The van der Waals surface area contributed by atoms with Crippen molar-refractivity contribution in [2.24, 2.45) is 0 Å². The van der Waals surface area contributed by atoms with Crippen molar-refractivity contribution in [1.29, 1.82) is 0 Å². The van der Waals surface area contributed by atoms with Crippen molar-refractivity contribution in [2.75, 3.05) is 5.32 Å². The van der Waals surface area contributed by atoms with E-state index >= 15 is 0 Å². The van der Waals surface area contributed by atoms with Gasteiger partial charge in [-0.25, -0.2) is 8.42 Å². The molecule has 0 aliphatic rings. The molecule has 1 aromatic heterocycles. The van der Waals surface area contributed by atoms with Crippen LogP contribution in [0.3, 0.4) is 0 Å². The van der Waals surface area contributed by atoms with E-state index in [4.69, 9.17) is 0 Å². The maximum Gasteiger partial charge on any atom is 0.237 e. The van der Waals surface area contributed by atoms with E-state index in [1.165, 1.54) is 23.9 Å². The summed E-state index contributed by atoms with van der Waals surface area (Å²) in [7, 11) is -3.57. The lowest BCUT2D eigenvalue weighted by atomic mass is 10.2. The number of hydrogen-bond donors (Lipinski definition) is 2. The highest BCUT2D eigenvalue weighted by Crippen LogP contribution is 2.25.